The van der Waals surface area contributed by atoms with Crippen molar-refractivity contribution in [3.8, 4) is 0 Å². The lowest BCUT2D eigenvalue weighted by Crippen LogP contribution is -2.30. The van der Waals surface area contributed by atoms with E-state index in [1.54, 1.807) is 0 Å². The fourth-order valence-corrected chi connectivity index (χ4v) is 4.69. The number of likely N-dealkylation sites (N-methyl/N-ethyl adjacent to an activating group) is 1. The maximum Gasteiger partial charge on any atom is 0.0975 e. The highest BCUT2D eigenvalue weighted by atomic mass is 16.5. The molecule has 2 atom stereocenters. The van der Waals surface area contributed by atoms with Crippen molar-refractivity contribution >= 4 is 0 Å². The average Bonchev–Trinajstić information content (AvgIpc) is 3.19. The van der Waals surface area contributed by atoms with E-state index in [-0.39, 0.29) is 12.2 Å². The number of nitrogens with zero attached hydrogens (tertiary/aromatic N) is 1. The molecule has 1 saturated heterocycles. The Hall–Kier alpha value is -0.640. The summed E-state index contributed by atoms with van der Waals surface area (Å²) in [4.78, 5) is 2.36. The summed E-state index contributed by atoms with van der Waals surface area (Å²) in [5.41, 5.74) is 0. The van der Waals surface area contributed by atoms with Gasteiger partial charge in [0.25, 0.3) is 0 Å². The molecule has 3 heteroatoms. The lowest BCUT2D eigenvalue weighted by atomic mass is 10.1. The number of hydrogen-bond donors (Lipinski definition) is 0. The molecule has 0 bridgehead atoms. The van der Waals surface area contributed by atoms with Gasteiger partial charge in [-0.1, -0.05) is 109 Å². The molecule has 1 fully saturated rings. The molecule has 0 spiro atoms. The Balaban J connectivity index is 1.91. The molecule has 1 heterocycles. The molecule has 0 saturated carbocycles. The van der Waals surface area contributed by atoms with Crippen LogP contribution in [0.3, 0.4) is 0 Å². The summed E-state index contributed by atoms with van der Waals surface area (Å²) in [7, 11) is 2.19. The fourth-order valence-electron chi connectivity index (χ4n) is 4.69. The predicted molar refractivity (Wildman–Crippen MR) is 150 cm³/mol. The van der Waals surface area contributed by atoms with E-state index < -0.39 is 0 Å². The van der Waals surface area contributed by atoms with Crippen LogP contribution in [0, 0.1) is 0 Å². The lowest BCUT2D eigenvalue weighted by molar-refractivity contribution is -0.0481. The Morgan fingerprint density at radius 2 is 0.971 bits per heavy atom. The first kappa shape index (κ1) is 31.4. The van der Waals surface area contributed by atoms with Crippen LogP contribution in [0.1, 0.15) is 129 Å². The summed E-state index contributed by atoms with van der Waals surface area (Å²) in [6.07, 6.45) is 33.3. The molecular weight excluding hydrogens is 418 g/mol. The fraction of sp³-hybridized carbons (Fsp3) is 0.871. The van der Waals surface area contributed by atoms with E-state index in [0.717, 1.165) is 32.7 Å². The van der Waals surface area contributed by atoms with Crippen molar-refractivity contribution in [2.75, 3.05) is 33.4 Å². The van der Waals surface area contributed by atoms with E-state index >= 15 is 0 Å². The largest absolute Gasteiger partial charge is 0.374 e. The number of likely N-dealkylation sites (tertiary alicyclic amines) is 1. The molecule has 200 valence electrons. The van der Waals surface area contributed by atoms with E-state index in [0.29, 0.717) is 0 Å². The minimum Gasteiger partial charge on any atom is -0.374 e. The van der Waals surface area contributed by atoms with Gasteiger partial charge in [-0.2, -0.15) is 0 Å². The molecule has 0 aromatic heterocycles. The lowest BCUT2D eigenvalue weighted by Gasteiger charge is -2.20. The van der Waals surface area contributed by atoms with Gasteiger partial charge in [-0.15, -0.1) is 0 Å². The highest BCUT2D eigenvalue weighted by Crippen LogP contribution is 2.17. The van der Waals surface area contributed by atoms with Gasteiger partial charge >= 0.3 is 0 Å². The van der Waals surface area contributed by atoms with Crippen LogP contribution in [0.2, 0.25) is 0 Å². The van der Waals surface area contributed by atoms with Crippen LogP contribution in [0.15, 0.2) is 24.3 Å². The molecule has 1 rings (SSSR count). The van der Waals surface area contributed by atoms with Gasteiger partial charge in [0.15, 0.2) is 0 Å². The maximum atomic E-state index is 6.23. The van der Waals surface area contributed by atoms with Crippen molar-refractivity contribution in [3.05, 3.63) is 24.3 Å². The van der Waals surface area contributed by atoms with Gasteiger partial charge < -0.3 is 14.4 Å². The molecule has 0 unspecified atom stereocenters. The molecule has 34 heavy (non-hydrogen) atoms. The predicted octanol–water partition coefficient (Wildman–Crippen LogP) is 8.88. The molecule has 1 aliphatic heterocycles. The molecule has 0 N–H and O–H groups in total. The van der Waals surface area contributed by atoms with Crippen LogP contribution in [-0.2, 0) is 9.47 Å². The van der Waals surface area contributed by atoms with Crippen LogP contribution < -0.4 is 0 Å². The van der Waals surface area contributed by atoms with Crippen molar-refractivity contribution in [3.63, 3.8) is 0 Å². The second kappa shape index (κ2) is 24.1. The summed E-state index contributed by atoms with van der Waals surface area (Å²) in [5.74, 6) is 0. The summed E-state index contributed by atoms with van der Waals surface area (Å²) in [6.45, 7) is 8.36. The van der Waals surface area contributed by atoms with Gasteiger partial charge in [-0.3, -0.25) is 0 Å². The van der Waals surface area contributed by atoms with E-state index in [4.69, 9.17) is 9.47 Å². The molecule has 3 nitrogen and oxygen atoms in total. The van der Waals surface area contributed by atoms with Gasteiger partial charge in [0.1, 0.15) is 0 Å². The zero-order valence-corrected chi connectivity index (χ0v) is 23.3. The molecule has 0 aliphatic carbocycles. The number of allylic oxidation sites excluding steroid dienone is 4. The van der Waals surface area contributed by atoms with Crippen LogP contribution >= 0.6 is 0 Å². The number of ether oxygens (including phenoxy) is 2. The first-order chi connectivity index (χ1) is 16.8. The van der Waals surface area contributed by atoms with Crippen LogP contribution in [0.5, 0.6) is 0 Å². The van der Waals surface area contributed by atoms with Crippen molar-refractivity contribution in [2.45, 2.75) is 142 Å². The summed E-state index contributed by atoms with van der Waals surface area (Å²) in [5, 5.41) is 0. The van der Waals surface area contributed by atoms with Crippen LogP contribution in [0.25, 0.3) is 0 Å². The smallest absolute Gasteiger partial charge is 0.0975 e. The molecule has 0 aromatic carbocycles. The molecule has 0 aromatic rings. The minimum atomic E-state index is 0.267. The SMILES string of the molecule is CCCCCC=CCC=CCCCCCCCCO[C@@H]1CN(C)C[C@H]1OCCCCCCCC. The number of unbranched alkanes of at least 4 members (excludes halogenated alkanes) is 14. The minimum absolute atomic E-state index is 0.267. The Kier molecular flexibility index (Phi) is 22.2. The van der Waals surface area contributed by atoms with Crippen LogP contribution in [0.4, 0.5) is 0 Å². The molecule has 1 aliphatic rings. The van der Waals surface area contributed by atoms with E-state index in [1.165, 1.54) is 109 Å². The van der Waals surface area contributed by atoms with Crippen molar-refractivity contribution in [2.24, 2.45) is 0 Å². The maximum absolute atomic E-state index is 6.23. The molecule has 0 amide bonds. The highest BCUT2D eigenvalue weighted by Gasteiger charge is 2.32. The van der Waals surface area contributed by atoms with Gasteiger partial charge in [0.2, 0.25) is 0 Å². The Bertz CT molecular complexity index is 476. The van der Waals surface area contributed by atoms with Crippen molar-refractivity contribution < 1.29 is 9.47 Å². The molecule has 0 radical (unpaired) electrons. The third-order valence-corrected chi connectivity index (χ3v) is 6.90. The average molecular weight is 478 g/mol. The van der Waals surface area contributed by atoms with E-state index in [2.05, 4.69) is 50.1 Å². The first-order valence-corrected chi connectivity index (χ1v) is 15.0. The third-order valence-electron chi connectivity index (χ3n) is 6.90. The van der Waals surface area contributed by atoms with E-state index in [9.17, 15) is 0 Å². The Labute approximate surface area is 213 Å². The van der Waals surface area contributed by atoms with Crippen LogP contribution in [-0.4, -0.2) is 50.5 Å². The van der Waals surface area contributed by atoms with Gasteiger partial charge in [-0.25, -0.2) is 0 Å². The van der Waals surface area contributed by atoms with Gasteiger partial charge in [0.05, 0.1) is 12.2 Å². The second-order valence-electron chi connectivity index (χ2n) is 10.4. The highest BCUT2D eigenvalue weighted by molar-refractivity contribution is 4.92. The quantitative estimate of drug-likeness (QED) is 0.102. The summed E-state index contributed by atoms with van der Waals surface area (Å²) in [6, 6.07) is 0. The third kappa shape index (κ3) is 18.7. The van der Waals surface area contributed by atoms with E-state index in [1.807, 2.05) is 0 Å². The monoisotopic (exact) mass is 477 g/mol. The summed E-state index contributed by atoms with van der Waals surface area (Å²) >= 11 is 0. The Morgan fingerprint density at radius 3 is 1.50 bits per heavy atom. The zero-order chi connectivity index (χ0) is 24.5. The van der Waals surface area contributed by atoms with Gasteiger partial charge in [0, 0.05) is 26.3 Å². The van der Waals surface area contributed by atoms with Crippen molar-refractivity contribution in [1.82, 2.24) is 4.90 Å². The number of rotatable bonds is 24. The van der Waals surface area contributed by atoms with Crippen molar-refractivity contribution in [1.29, 1.82) is 0 Å². The second-order valence-corrected chi connectivity index (χ2v) is 10.4. The molecular formula is C31H59NO2. The Morgan fingerprint density at radius 1 is 0.559 bits per heavy atom. The standard InChI is InChI=1S/C31H59NO2/c1-4-6-8-10-12-13-14-15-16-17-18-19-20-21-23-25-27-34-31-29-32(3)28-30(31)33-26-24-22-11-9-7-5-2/h12-13,15-16,30-31H,4-11,14,17-29H2,1-3H3/t30-,31-/m1/s1. The topological polar surface area (TPSA) is 21.7 Å². The zero-order valence-electron chi connectivity index (χ0n) is 23.3. The summed E-state index contributed by atoms with van der Waals surface area (Å²) < 4.78 is 12.4. The number of hydrogen-bond acceptors (Lipinski definition) is 3. The first-order valence-electron chi connectivity index (χ1n) is 15.0. The van der Waals surface area contributed by atoms with Gasteiger partial charge in [-0.05, 0) is 52.0 Å². The normalized spacial score (nSPS) is 19.3.